The van der Waals surface area contributed by atoms with Gasteiger partial charge in [-0.2, -0.15) is 5.10 Å². The lowest BCUT2D eigenvalue weighted by atomic mass is 9.82. The van der Waals surface area contributed by atoms with E-state index in [4.69, 9.17) is 5.73 Å². The number of nitrogens with two attached hydrogens (primary N) is 1. The molecular formula is C14H16IN3O. The molecule has 2 aromatic rings. The molecule has 100 valence electrons. The molecule has 0 aliphatic heterocycles. The van der Waals surface area contributed by atoms with Crippen LogP contribution in [0.3, 0.4) is 0 Å². The predicted octanol–water partition coefficient (Wildman–Crippen LogP) is 2.61. The third-order valence-corrected chi connectivity index (χ3v) is 3.78. The lowest BCUT2D eigenvalue weighted by Crippen LogP contribution is -2.24. The molecule has 0 fully saturated rings. The smallest absolute Gasteiger partial charge is 0.224 e. The third kappa shape index (κ3) is 3.79. The summed E-state index contributed by atoms with van der Waals surface area (Å²) in [5.41, 5.74) is 7.77. The fourth-order valence-corrected chi connectivity index (χ4v) is 2.61. The summed E-state index contributed by atoms with van der Waals surface area (Å²) < 4.78 is 1.01. The Bertz CT molecular complexity index is 539. The monoisotopic (exact) mass is 369 g/mol. The number of carbonyl (C=O) groups is 1. The highest BCUT2D eigenvalue weighted by Gasteiger charge is 2.23. The maximum atomic E-state index is 11.1. The van der Waals surface area contributed by atoms with Crippen molar-refractivity contribution in [3.8, 4) is 0 Å². The standard InChI is InChI=1S/C11H13NO.C3H3IN2/c12-11(13)10-7-3-5-8-4-1-2-6-9(8)10;4-3-1-2-5-6-3/h1-2,4,6,10H,3,5,7H2,(H2,12,13);1-2H,(H,5,6). The van der Waals surface area contributed by atoms with Gasteiger partial charge in [0, 0.05) is 6.20 Å². The Balaban J connectivity index is 0.000000186. The van der Waals surface area contributed by atoms with E-state index in [1.165, 1.54) is 5.56 Å². The number of aryl methyl sites for hydroxylation is 1. The maximum absolute atomic E-state index is 11.1. The number of H-pyrrole nitrogens is 1. The number of primary amides is 1. The van der Waals surface area contributed by atoms with Gasteiger partial charge in [-0.3, -0.25) is 9.89 Å². The number of hydrogen-bond donors (Lipinski definition) is 2. The molecule has 1 aromatic carbocycles. The summed E-state index contributed by atoms with van der Waals surface area (Å²) >= 11 is 2.13. The molecule has 3 rings (SSSR count). The van der Waals surface area contributed by atoms with Crippen LogP contribution in [0.4, 0.5) is 0 Å². The van der Waals surface area contributed by atoms with Gasteiger partial charge in [0.1, 0.15) is 3.70 Å². The highest BCUT2D eigenvalue weighted by atomic mass is 127. The molecule has 1 heterocycles. The van der Waals surface area contributed by atoms with Crippen molar-refractivity contribution >= 4 is 28.5 Å². The minimum atomic E-state index is -0.188. The number of fused-ring (bicyclic) bond motifs is 1. The Morgan fingerprint density at radius 2 is 2.16 bits per heavy atom. The van der Waals surface area contributed by atoms with Crippen molar-refractivity contribution in [2.75, 3.05) is 0 Å². The molecule has 0 saturated carbocycles. The van der Waals surface area contributed by atoms with Gasteiger partial charge in [-0.15, -0.1) is 0 Å². The lowest BCUT2D eigenvalue weighted by Gasteiger charge is -2.22. The summed E-state index contributed by atoms with van der Waals surface area (Å²) in [4.78, 5) is 11.1. The molecule has 1 aliphatic rings. The number of hydrogen-bond acceptors (Lipinski definition) is 2. The number of amides is 1. The van der Waals surface area contributed by atoms with Crippen LogP contribution < -0.4 is 5.73 Å². The van der Waals surface area contributed by atoms with E-state index in [2.05, 4.69) is 38.9 Å². The summed E-state index contributed by atoms with van der Waals surface area (Å²) in [6.07, 6.45) is 4.86. The Kier molecular flexibility index (Phi) is 4.95. The number of halogens is 1. The summed E-state index contributed by atoms with van der Waals surface area (Å²) in [5.74, 6) is -0.239. The fraction of sp³-hybridized carbons (Fsp3) is 0.286. The Morgan fingerprint density at radius 1 is 1.37 bits per heavy atom. The molecule has 1 unspecified atom stereocenters. The van der Waals surface area contributed by atoms with Gasteiger partial charge in [0.25, 0.3) is 0 Å². The first-order chi connectivity index (χ1) is 9.18. The maximum Gasteiger partial charge on any atom is 0.224 e. The molecule has 0 saturated heterocycles. The normalized spacial score (nSPS) is 17.0. The van der Waals surface area contributed by atoms with Crippen LogP contribution in [0.15, 0.2) is 36.5 Å². The van der Waals surface area contributed by atoms with Gasteiger partial charge in [0.15, 0.2) is 0 Å². The molecule has 0 spiro atoms. The number of nitrogens with one attached hydrogen (secondary N) is 1. The molecule has 0 bridgehead atoms. The van der Waals surface area contributed by atoms with Crippen LogP contribution in [0.2, 0.25) is 0 Å². The number of nitrogens with zero attached hydrogens (tertiary/aromatic N) is 1. The van der Waals surface area contributed by atoms with E-state index in [1.54, 1.807) is 6.20 Å². The fourth-order valence-electron chi connectivity index (χ4n) is 2.29. The van der Waals surface area contributed by atoms with Gasteiger partial charge in [0.05, 0.1) is 5.92 Å². The van der Waals surface area contributed by atoms with E-state index in [9.17, 15) is 4.79 Å². The number of carbonyl (C=O) groups excluding carboxylic acids is 1. The highest BCUT2D eigenvalue weighted by Crippen LogP contribution is 2.30. The number of aromatic nitrogens is 2. The van der Waals surface area contributed by atoms with Crippen molar-refractivity contribution in [2.24, 2.45) is 5.73 Å². The Morgan fingerprint density at radius 3 is 2.74 bits per heavy atom. The Hall–Kier alpha value is -1.37. The van der Waals surface area contributed by atoms with Gasteiger partial charge < -0.3 is 5.73 Å². The molecule has 1 aromatic heterocycles. The average Bonchev–Trinajstić information content (AvgIpc) is 2.90. The highest BCUT2D eigenvalue weighted by molar-refractivity contribution is 14.1. The van der Waals surface area contributed by atoms with Crippen LogP contribution in [-0.2, 0) is 11.2 Å². The molecule has 4 nitrogen and oxygen atoms in total. The largest absolute Gasteiger partial charge is 0.369 e. The van der Waals surface area contributed by atoms with Crippen molar-refractivity contribution in [2.45, 2.75) is 25.2 Å². The zero-order chi connectivity index (χ0) is 13.7. The van der Waals surface area contributed by atoms with Crippen LogP contribution in [0.25, 0.3) is 0 Å². The van der Waals surface area contributed by atoms with E-state index >= 15 is 0 Å². The molecule has 5 heteroatoms. The molecular weight excluding hydrogens is 353 g/mol. The van der Waals surface area contributed by atoms with E-state index in [0.717, 1.165) is 28.5 Å². The zero-order valence-corrected chi connectivity index (χ0v) is 12.6. The summed E-state index contributed by atoms with van der Waals surface area (Å²) in [7, 11) is 0. The first-order valence-electron chi connectivity index (χ1n) is 6.21. The molecule has 1 aliphatic carbocycles. The van der Waals surface area contributed by atoms with Gasteiger partial charge >= 0.3 is 0 Å². The van der Waals surface area contributed by atoms with Crippen LogP contribution in [0, 0.1) is 3.70 Å². The number of aromatic amines is 1. The van der Waals surface area contributed by atoms with Crippen LogP contribution >= 0.6 is 22.6 Å². The van der Waals surface area contributed by atoms with Crippen LogP contribution in [0.5, 0.6) is 0 Å². The first kappa shape index (κ1) is 14.0. The van der Waals surface area contributed by atoms with Crippen molar-refractivity contribution in [1.82, 2.24) is 10.2 Å². The van der Waals surface area contributed by atoms with Crippen molar-refractivity contribution in [1.29, 1.82) is 0 Å². The molecule has 19 heavy (non-hydrogen) atoms. The minimum Gasteiger partial charge on any atom is -0.369 e. The summed E-state index contributed by atoms with van der Waals surface area (Å²) in [6.45, 7) is 0. The first-order valence-corrected chi connectivity index (χ1v) is 7.28. The van der Waals surface area contributed by atoms with Crippen molar-refractivity contribution in [3.05, 3.63) is 51.4 Å². The van der Waals surface area contributed by atoms with E-state index in [-0.39, 0.29) is 11.8 Å². The predicted molar refractivity (Wildman–Crippen MR) is 82.6 cm³/mol. The van der Waals surface area contributed by atoms with E-state index in [0.29, 0.717) is 0 Å². The van der Waals surface area contributed by atoms with E-state index in [1.807, 2.05) is 24.3 Å². The van der Waals surface area contributed by atoms with Gasteiger partial charge in [-0.05, 0) is 59.0 Å². The van der Waals surface area contributed by atoms with Crippen LogP contribution in [-0.4, -0.2) is 16.1 Å². The lowest BCUT2D eigenvalue weighted by molar-refractivity contribution is -0.119. The third-order valence-electron chi connectivity index (χ3n) is 3.18. The second-order valence-electron chi connectivity index (χ2n) is 4.44. The SMILES string of the molecule is Ic1cc[nH]n1.NC(=O)C1CCCc2ccccc21. The number of rotatable bonds is 1. The molecule has 3 N–H and O–H groups in total. The second kappa shape index (κ2) is 6.70. The minimum absolute atomic E-state index is 0.0510. The van der Waals surface area contributed by atoms with Crippen molar-refractivity contribution in [3.63, 3.8) is 0 Å². The summed E-state index contributed by atoms with van der Waals surface area (Å²) in [5, 5.41) is 6.45. The Labute approximate surface area is 125 Å². The number of benzene rings is 1. The van der Waals surface area contributed by atoms with Gasteiger partial charge in [0.2, 0.25) is 5.91 Å². The molecule has 1 amide bonds. The summed E-state index contributed by atoms with van der Waals surface area (Å²) in [6, 6.07) is 10.00. The van der Waals surface area contributed by atoms with E-state index < -0.39 is 0 Å². The zero-order valence-electron chi connectivity index (χ0n) is 10.5. The van der Waals surface area contributed by atoms with Gasteiger partial charge in [-0.25, -0.2) is 0 Å². The van der Waals surface area contributed by atoms with Crippen LogP contribution in [0.1, 0.15) is 29.9 Å². The average molecular weight is 369 g/mol. The molecule has 1 atom stereocenters. The van der Waals surface area contributed by atoms with Crippen molar-refractivity contribution < 1.29 is 4.79 Å². The molecule has 0 radical (unpaired) electrons. The second-order valence-corrected chi connectivity index (χ2v) is 5.55. The topological polar surface area (TPSA) is 71.8 Å². The van der Waals surface area contributed by atoms with Gasteiger partial charge in [-0.1, -0.05) is 24.3 Å². The quantitative estimate of drug-likeness (QED) is 0.759.